The molecule has 1 N–H and O–H groups in total. The fraction of sp³-hybridized carbons (Fsp3) is 0.625. The number of piperidine rings is 1. The Balaban J connectivity index is 1.93. The summed E-state index contributed by atoms with van der Waals surface area (Å²) in [6, 6.07) is 3.11. The van der Waals surface area contributed by atoms with Gasteiger partial charge < -0.3 is 10.2 Å². The fourth-order valence-electron chi connectivity index (χ4n) is 2.99. The third kappa shape index (κ3) is 4.18. The maximum absolute atomic E-state index is 12.4. The predicted octanol–water partition coefficient (Wildman–Crippen LogP) is 2.83. The van der Waals surface area contributed by atoms with Gasteiger partial charge in [0.25, 0.3) is 0 Å². The Kier molecular flexibility index (Phi) is 5.90. The van der Waals surface area contributed by atoms with Gasteiger partial charge in [0.1, 0.15) is 0 Å². The quantitative estimate of drug-likeness (QED) is 0.643. The van der Waals surface area contributed by atoms with Gasteiger partial charge >= 0.3 is 5.69 Å². The van der Waals surface area contributed by atoms with Crippen molar-refractivity contribution in [2.24, 2.45) is 5.92 Å². The molecule has 23 heavy (non-hydrogen) atoms. The summed E-state index contributed by atoms with van der Waals surface area (Å²) in [4.78, 5) is 29.0. The maximum Gasteiger partial charge on any atom is 0.311 e. The summed E-state index contributed by atoms with van der Waals surface area (Å²) >= 11 is 0. The van der Waals surface area contributed by atoms with E-state index >= 15 is 0 Å². The first kappa shape index (κ1) is 17.2. The summed E-state index contributed by atoms with van der Waals surface area (Å²) < 4.78 is 0. The maximum atomic E-state index is 12.4. The number of nitro groups is 1. The average molecular weight is 320 g/mol. The highest BCUT2D eigenvalue weighted by Crippen LogP contribution is 2.24. The second-order valence-electron chi connectivity index (χ2n) is 5.89. The van der Waals surface area contributed by atoms with E-state index in [0.29, 0.717) is 18.9 Å². The second-order valence-corrected chi connectivity index (χ2v) is 5.89. The SMILES string of the molecule is CCC(CC)C(=O)N1CCC(Nc2ncccc2[N+](=O)[O-])CC1. The fourth-order valence-corrected chi connectivity index (χ4v) is 2.99. The van der Waals surface area contributed by atoms with Crippen molar-refractivity contribution in [1.82, 2.24) is 9.88 Å². The first-order chi connectivity index (χ1) is 11.1. The van der Waals surface area contributed by atoms with Crippen molar-refractivity contribution in [2.45, 2.75) is 45.6 Å². The van der Waals surface area contributed by atoms with Gasteiger partial charge in [-0.3, -0.25) is 14.9 Å². The summed E-state index contributed by atoms with van der Waals surface area (Å²) in [6.45, 7) is 5.46. The van der Waals surface area contributed by atoms with Gasteiger partial charge in [0.15, 0.2) is 0 Å². The van der Waals surface area contributed by atoms with E-state index in [2.05, 4.69) is 10.3 Å². The molecule has 7 nitrogen and oxygen atoms in total. The van der Waals surface area contributed by atoms with Gasteiger partial charge in [0.05, 0.1) is 4.92 Å². The Morgan fingerprint density at radius 1 is 1.43 bits per heavy atom. The molecule has 1 aromatic heterocycles. The number of amides is 1. The van der Waals surface area contributed by atoms with Gasteiger partial charge in [-0.1, -0.05) is 13.8 Å². The van der Waals surface area contributed by atoms with Gasteiger partial charge in [0.2, 0.25) is 11.7 Å². The first-order valence-electron chi connectivity index (χ1n) is 8.21. The normalized spacial score (nSPS) is 15.7. The summed E-state index contributed by atoms with van der Waals surface area (Å²) in [6.07, 6.45) is 4.83. The number of nitrogens with one attached hydrogen (secondary N) is 1. The van der Waals surface area contributed by atoms with Crippen molar-refractivity contribution in [3.63, 3.8) is 0 Å². The number of nitrogens with zero attached hydrogens (tertiary/aromatic N) is 3. The molecule has 1 aromatic rings. The number of aromatic nitrogens is 1. The van der Waals surface area contributed by atoms with Crippen molar-refractivity contribution < 1.29 is 9.72 Å². The van der Waals surface area contributed by atoms with E-state index < -0.39 is 4.92 Å². The number of anilines is 1. The minimum absolute atomic E-state index is 0.0111. The number of rotatable bonds is 6. The van der Waals surface area contributed by atoms with Crippen LogP contribution in [0.25, 0.3) is 0 Å². The van der Waals surface area contributed by atoms with E-state index in [1.165, 1.54) is 6.07 Å². The van der Waals surface area contributed by atoms with E-state index in [1.807, 2.05) is 18.7 Å². The van der Waals surface area contributed by atoms with Crippen molar-refractivity contribution >= 4 is 17.4 Å². The highest BCUT2D eigenvalue weighted by atomic mass is 16.6. The van der Waals surface area contributed by atoms with Crippen LogP contribution in [0.3, 0.4) is 0 Å². The second kappa shape index (κ2) is 7.89. The molecule has 1 fully saturated rings. The summed E-state index contributed by atoms with van der Waals surface area (Å²) in [5.74, 6) is 0.649. The van der Waals surface area contributed by atoms with E-state index in [-0.39, 0.29) is 23.6 Å². The molecule has 0 aromatic carbocycles. The van der Waals surface area contributed by atoms with Crippen molar-refractivity contribution in [1.29, 1.82) is 0 Å². The number of hydrogen-bond acceptors (Lipinski definition) is 5. The molecular formula is C16H24N4O3. The lowest BCUT2D eigenvalue weighted by Crippen LogP contribution is -2.44. The molecule has 2 rings (SSSR count). The van der Waals surface area contributed by atoms with Crippen molar-refractivity contribution in [3.05, 3.63) is 28.4 Å². The number of carbonyl (C=O) groups excluding carboxylic acids is 1. The smallest absolute Gasteiger partial charge is 0.311 e. The van der Waals surface area contributed by atoms with Gasteiger partial charge in [-0.05, 0) is 31.7 Å². The van der Waals surface area contributed by atoms with Crippen LogP contribution in [0, 0.1) is 16.0 Å². The van der Waals surface area contributed by atoms with Gasteiger partial charge in [-0.25, -0.2) is 4.98 Å². The third-order valence-electron chi connectivity index (χ3n) is 4.47. The zero-order chi connectivity index (χ0) is 16.8. The summed E-state index contributed by atoms with van der Waals surface area (Å²) in [7, 11) is 0. The van der Waals surface area contributed by atoms with Gasteiger partial charge in [0, 0.05) is 37.3 Å². The van der Waals surface area contributed by atoms with E-state index in [4.69, 9.17) is 0 Å². The minimum atomic E-state index is -0.429. The van der Waals surface area contributed by atoms with Crippen LogP contribution >= 0.6 is 0 Å². The molecule has 1 amide bonds. The van der Waals surface area contributed by atoms with Crippen LogP contribution in [-0.2, 0) is 4.79 Å². The molecule has 0 saturated carbocycles. The van der Waals surface area contributed by atoms with E-state index in [0.717, 1.165) is 25.7 Å². The van der Waals surface area contributed by atoms with Crippen LogP contribution in [0.15, 0.2) is 18.3 Å². The molecule has 0 bridgehead atoms. The Hall–Kier alpha value is -2.18. The topological polar surface area (TPSA) is 88.4 Å². The summed E-state index contributed by atoms with van der Waals surface area (Å²) in [5, 5.41) is 14.2. The number of carbonyl (C=O) groups is 1. The molecule has 0 spiro atoms. The van der Waals surface area contributed by atoms with Crippen molar-refractivity contribution in [3.8, 4) is 0 Å². The van der Waals surface area contributed by atoms with Crippen molar-refractivity contribution in [2.75, 3.05) is 18.4 Å². The molecule has 0 unspecified atom stereocenters. The lowest BCUT2D eigenvalue weighted by atomic mass is 9.98. The predicted molar refractivity (Wildman–Crippen MR) is 88.2 cm³/mol. The van der Waals surface area contributed by atoms with Crippen LogP contribution in [0.2, 0.25) is 0 Å². The van der Waals surface area contributed by atoms with E-state index in [1.54, 1.807) is 12.3 Å². The monoisotopic (exact) mass is 320 g/mol. The Labute approximate surface area is 136 Å². The lowest BCUT2D eigenvalue weighted by molar-refractivity contribution is -0.384. The molecule has 2 heterocycles. The third-order valence-corrected chi connectivity index (χ3v) is 4.47. The zero-order valence-corrected chi connectivity index (χ0v) is 13.7. The minimum Gasteiger partial charge on any atom is -0.361 e. The molecule has 0 radical (unpaired) electrons. The molecule has 0 aliphatic carbocycles. The highest BCUT2D eigenvalue weighted by molar-refractivity contribution is 5.78. The Morgan fingerprint density at radius 2 is 2.09 bits per heavy atom. The molecule has 0 atom stereocenters. The largest absolute Gasteiger partial charge is 0.361 e. The zero-order valence-electron chi connectivity index (χ0n) is 13.7. The number of likely N-dealkylation sites (tertiary alicyclic amines) is 1. The van der Waals surface area contributed by atoms with Gasteiger partial charge in [-0.2, -0.15) is 0 Å². The van der Waals surface area contributed by atoms with E-state index in [9.17, 15) is 14.9 Å². The Morgan fingerprint density at radius 3 is 2.65 bits per heavy atom. The van der Waals surface area contributed by atoms with Crippen LogP contribution in [-0.4, -0.2) is 39.8 Å². The lowest BCUT2D eigenvalue weighted by Gasteiger charge is -2.34. The number of pyridine rings is 1. The first-order valence-corrected chi connectivity index (χ1v) is 8.21. The van der Waals surface area contributed by atoms with Crippen LogP contribution in [0.1, 0.15) is 39.5 Å². The molecule has 1 saturated heterocycles. The standard InChI is InChI=1S/C16H24N4O3/c1-3-12(4-2)16(21)19-10-7-13(8-11-19)18-15-14(20(22)23)6-5-9-17-15/h5-6,9,12-13H,3-4,7-8,10-11H2,1-2H3,(H,17,18). The molecule has 1 aliphatic rings. The Bertz CT molecular complexity index is 552. The summed E-state index contributed by atoms with van der Waals surface area (Å²) in [5.41, 5.74) is -0.0111. The van der Waals surface area contributed by atoms with Crippen LogP contribution < -0.4 is 5.32 Å². The van der Waals surface area contributed by atoms with Crippen LogP contribution in [0.4, 0.5) is 11.5 Å². The highest BCUT2D eigenvalue weighted by Gasteiger charge is 2.27. The van der Waals surface area contributed by atoms with Crippen LogP contribution in [0.5, 0.6) is 0 Å². The molecular weight excluding hydrogens is 296 g/mol. The molecule has 7 heteroatoms. The van der Waals surface area contributed by atoms with Gasteiger partial charge in [-0.15, -0.1) is 0 Å². The average Bonchev–Trinajstić information content (AvgIpc) is 2.57. The molecule has 126 valence electrons. The molecule has 1 aliphatic heterocycles. The number of hydrogen-bond donors (Lipinski definition) is 1.